The lowest BCUT2D eigenvalue weighted by Gasteiger charge is -2.33. The van der Waals surface area contributed by atoms with E-state index in [0.29, 0.717) is 6.04 Å². The van der Waals surface area contributed by atoms with Crippen LogP contribution in [0.1, 0.15) is 24.4 Å². The summed E-state index contributed by atoms with van der Waals surface area (Å²) in [6, 6.07) is 8.55. The largest absolute Gasteiger partial charge is 0.497 e. The van der Waals surface area contributed by atoms with E-state index in [2.05, 4.69) is 38.7 Å². The van der Waals surface area contributed by atoms with Gasteiger partial charge in [0, 0.05) is 19.6 Å². The highest BCUT2D eigenvalue weighted by atomic mass is 16.5. The summed E-state index contributed by atoms with van der Waals surface area (Å²) >= 11 is 0. The maximum Gasteiger partial charge on any atom is 0.149 e. The summed E-state index contributed by atoms with van der Waals surface area (Å²) in [6.45, 7) is 5.10. The molecule has 0 bridgehead atoms. The van der Waals surface area contributed by atoms with Crippen molar-refractivity contribution in [2.45, 2.75) is 26.1 Å². The van der Waals surface area contributed by atoms with E-state index in [1.165, 1.54) is 5.56 Å². The van der Waals surface area contributed by atoms with Gasteiger partial charge in [-0.05, 0) is 24.6 Å². The fourth-order valence-corrected chi connectivity index (χ4v) is 2.53. The first-order valence-corrected chi connectivity index (χ1v) is 6.52. The molecule has 19 heavy (non-hydrogen) atoms. The first kappa shape index (κ1) is 12.2. The van der Waals surface area contributed by atoms with Gasteiger partial charge >= 0.3 is 0 Å². The SMILES string of the molecule is COc1ccc(CN2CCn3cnnc3C2C)cc1. The Morgan fingerprint density at radius 1 is 1.26 bits per heavy atom. The molecular formula is C14H18N4O. The first-order chi connectivity index (χ1) is 9.28. The number of methoxy groups -OCH3 is 1. The molecule has 5 nitrogen and oxygen atoms in total. The van der Waals surface area contributed by atoms with Crippen molar-refractivity contribution < 1.29 is 4.74 Å². The number of fused-ring (bicyclic) bond motifs is 1. The molecule has 0 radical (unpaired) electrons. The zero-order valence-corrected chi connectivity index (χ0v) is 11.3. The van der Waals surface area contributed by atoms with Crippen molar-refractivity contribution in [1.82, 2.24) is 19.7 Å². The monoisotopic (exact) mass is 258 g/mol. The van der Waals surface area contributed by atoms with Crippen molar-refractivity contribution in [3.8, 4) is 5.75 Å². The number of hydrogen-bond acceptors (Lipinski definition) is 4. The fraction of sp³-hybridized carbons (Fsp3) is 0.429. The number of rotatable bonds is 3. The summed E-state index contributed by atoms with van der Waals surface area (Å²) < 4.78 is 7.32. The number of nitrogens with zero attached hydrogens (tertiary/aromatic N) is 4. The third-order valence-corrected chi connectivity index (χ3v) is 3.74. The molecule has 100 valence electrons. The number of aromatic nitrogens is 3. The first-order valence-electron chi connectivity index (χ1n) is 6.52. The zero-order chi connectivity index (χ0) is 13.2. The minimum atomic E-state index is 0.304. The Morgan fingerprint density at radius 2 is 2.05 bits per heavy atom. The Labute approximate surface area is 112 Å². The molecule has 0 amide bonds. The van der Waals surface area contributed by atoms with Gasteiger partial charge in [-0.2, -0.15) is 0 Å². The maximum absolute atomic E-state index is 5.18. The molecule has 1 unspecified atom stereocenters. The third-order valence-electron chi connectivity index (χ3n) is 3.74. The van der Waals surface area contributed by atoms with E-state index in [9.17, 15) is 0 Å². The van der Waals surface area contributed by atoms with E-state index in [-0.39, 0.29) is 0 Å². The molecule has 0 saturated heterocycles. The average Bonchev–Trinajstić information content (AvgIpc) is 2.92. The van der Waals surface area contributed by atoms with Crippen molar-refractivity contribution in [2.24, 2.45) is 0 Å². The average molecular weight is 258 g/mol. The van der Waals surface area contributed by atoms with Gasteiger partial charge in [0.2, 0.25) is 0 Å². The Morgan fingerprint density at radius 3 is 2.79 bits per heavy atom. The number of hydrogen-bond donors (Lipinski definition) is 0. The van der Waals surface area contributed by atoms with Crippen molar-refractivity contribution >= 4 is 0 Å². The predicted molar refractivity (Wildman–Crippen MR) is 71.8 cm³/mol. The Kier molecular flexibility index (Phi) is 3.21. The molecule has 1 aromatic heterocycles. The van der Waals surface area contributed by atoms with Crippen molar-refractivity contribution in [3.05, 3.63) is 42.0 Å². The van der Waals surface area contributed by atoms with Crippen LogP contribution >= 0.6 is 0 Å². The third kappa shape index (κ3) is 2.33. The standard InChI is InChI=1S/C14H18N4O/c1-11-14-16-15-10-18(14)8-7-17(11)9-12-3-5-13(19-2)6-4-12/h3-6,10-11H,7-9H2,1-2H3. The van der Waals surface area contributed by atoms with E-state index < -0.39 is 0 Å². The van der Waals surface area contributed by atoms with Crippen molar-refractivity contribution in [3.63, 3.8) is 0 Å². The quantitative estimate of drug-likeness (QED) is 0.843. The van der Waals surface area contributed by atoms with Gasteiger partial charge in [0.15, 0.2) is 0 Å². The molecule has 1 aliphatic heterocycles. The molecule has 0 saturated carbocycles. The van der Waals surface area contributed by atoms with Gasteiger partial charge in [-0.15, -0.1) is 10.2 Å². The molecule has 5 heteroatoms. The molecule has 3 rings (SSSR count). The van der Waals surface area contributed by atoms with Crippen molar-refractivity contribution in [2.75, 3.05) is 13.7 Å². The van der Waals surface area contributed by atoms with Gasteiger partial charge in [-0.25, -0.2) is 0 Å². The van der Waals surface area contributed by atoms with E-state index in [4.69, 9.17) is 4.74 Å². The number of benzene rings is 1. The summed E-state index contributed by atoms with van der Waals surface area (Å²) in [5.41, 5.74) is 1.29. The lowest BCUT2D eigenvalue weighted by Crippen LogP contribution is -2.36. The predicted octanol–water partition coefficient (Wildman–Crippen LogP) is 1.86. The van der Waals surface area contributed by atoms with Crippen LogP contribution in [0, 0.1) is 0 Å². The van der Waals surface area contributed by atoms with Crippen molar-refractivity contribution in [1.29, 1.82) is 0 Å². The van der Waals surface area contributed by atoms with Crippen LogP contribution in [0.5, 0.6) is 5.75 Å². The molecule has 0 spiro atoms. The Bertz CT molecular complexity index is 549. The minimum Gasteiger partial charge on any atom is -0.497 e. The van der Waals surface area contributed by atoms with Gasteiger partial charge in [-0.1, -0.05) is 12.1 Å². The van der Waals surface area contributed by atoms with E-state index in [0.717, 1.165) is 31.2 Å². The second-order valence-corrected chi connectivity index (χ2v) is 4.88. The smallest absolute Gasteiger partial charge is 0.149 e. The lowest BCUT2D eigenvalue weighted by molar-refractivity contribution is 0.156. The lowest BCUT2D eigenvalue weighted by atomic mass is 10.1. The summed E-state index contributed by atoms with van der Waals surface area (Å²) in [4.78, 5) is 2.42. The van der Waals surface area contributed by atoms with E-state index in [1.54, 1.807) is 7.11 Å². The molecule has 1 aromatic carbocycles. The second-order valence-electron chi connectivity index (χ2n) is 4.88. The number of ether oxygens (including phenoxy) is 1. The fourth-order valence-electron chi connectivity index (χ4n) is 2.53. The van der Waals surface area contributed by atoms with Crippen LogP contribution in [0.2, 0.25) is 0 Å². The highest BCUT2D eigenvalue weighted by Crippen LogP contribution is 2.24. The van der Waals surface area contributed by atoms with Crippen LogP contribution in [0.4, 0.5) is 0 Å². The molecule has 1 atom stereocenters. The summed E-state index contributed by atoms with van der Waals surface area (Å²) in [5, 5.41) is 8.20. The highest BCUT2D eigenvalue weighted by molar-refractivity contribution is 5.27. The van der Waals surface area contributed by atoms with Crippen LogP contribution in [0.3, 0.4) is 0 Å². The van der Waals surface area contributed by atoms with Crippen LogP contribution in [-0.2, 0) is 13.1 Å². The normalized spacial score (nSPS) is 19.2. The molecular weight excluding hydrogens is 240 g/mol. The summed E-state index contributed by atoms with van der Waals surface area (Å²) in [7, 11) is 1.69. The van der Waals surface area contributed by atoms with Crippen LogP contribution in [0.15, 0.2) is 30.6 Å². The van der Waals surface area contributed by atoms with E-state index in [1.807, 2.05) is 18.5 Å². The molecule has 2 aromatic rings. The van der Waals surface area contributed by atoms with Gasteiger partial charge in [-0.3, -0.25) is 4.90 Å². The van der Waals surface area contributed by atoms with Crippen LogP contribution in [-0.4, -0.2) is 33.3 Å². The van der Waals surface area contributed by atoms with E-state index >= 15 is 0 Å². The minimum absolute atomic E-state index is 0.304. The Balaban J connectivity index is 1.73. The summed E-state index contributed by atoms with van der Waals surface area (Å²) in [5.74, 6) is 1.95. The maximum atomic E-state index is 5.18. The summed E-state index contributed by atoms with van der Waals surface area (Å²) in [6.07, 6.45) is 1.82. The van der Waals surface area contributed by atoms with Crippen LogP contribution in [0.25, 0.3) is 0 Å². The molecule has 2 heterocycles. The van der Waals surface area contributed by atoms with Crippen LogP contribution < -0.4 is 4.74 Å². The van der Waals surface area contributed by atoms with Gasteiger partial charge in [0.25, 0.3) is 0 Å². The van der Waals surface area contributed by atoms with Gasteiger partial charge in [0.1, 0.15) is 17.9 Å². The topological polar surface area (TPSA) is 43.2 Å². The second kappa shape index (κ2) is 5.01. The molecule has 1 aliphatic rings. The zero-order valence-electron chi connectivity index (χ0n) is 11.3. The molecule has 0 fully saturated rings. The molecule has 0 aliphatic carbocycles. The Hall–Kier alpha value is -1.88. The highest BCUT2D eigenvalue weighted by Gasteiger charge is 2.25. The van der Waals surface area contributed by atoms with Gasteiger partial charge in [0.05, 0.1) is 13.2 Å². The molecule has 0 N–H and O–H groups in total. The van der Waals surface area contributed by atoms with Gasteiger partial charge < -0.3 is 9.30 Å².